The number of aliphatic hydroxyl groups excluding tert-OH is 6. The molecule has 5 aromatic carbocycles. The molecule has 5 unspecified atom stereocenters. The fraction of sp³-hybridized carbons (Fsp3) is 0.441. The maximum Gasteiger partial charge on any atom is 0.330 e. The van der Waals surface area contributed by atoms with Gasteiger partial charge in [0.15, 0.2) is 29.1 Å². The van der Waals surface area contributed by atoms with Gasteiger partial charge < -0.3 is 102 Å². The number of phenols is 3. The van der Waals surface area contributed by atoms with Gasteiger partial charge in [0.25, 0.3) is 0 Å². The Bertz CT molecular complexity index is 3860. The van der Waals surface area contributed by atoms with Crippen LogP contribution in [0.15, 0.2) is 78.9 Å². The minimum absolute atomic E-state index is 0.00581. The average Bonchev–Trinajstić information content (AvgIpc) is 0.762. The van der Waals surface area contributed by atoms with Gasteiger partial charge in [-0.05, 0) is 103 Å². The zero-order valence-corrected chi connectivity index (χ0v) is 55.1. The maximum absolute atomic E-state index is 16.1. The van der Waals surface area contributed by atoms with Crippen LogP contribution in [0.2, 0.25) is 10.0 Å². The number of fused-ring (bicyclic) bond motifs is 15. The minimum Gasteiger partial charge on any atom is -0.508 e. The summed E-state index contributed by atoms with van der Waals surface area (Å²) in [4.78, 5) is 118. The first-order chi connectivity index (χ1) is 46.6. The van der Waals surface area contributed by atoms with E-state index in [1.165, 1.54) is 37.4 Å². The number of hydrogen-bond acceptors (Lipinski definition) is 22. The Hall–Kier alpha value is -8.68. The normalized spacial score (nSPS) is 25.4. The van der Waals surface area contributed by atoms with Crippen LogP contribution >= 0.6 is 23.2 Å². The third-order valence-corrected chi connectivity index (χ3v) is 18.2. The Morgan fingerprint density at radius 3 is 1.94 bits per heavy atom. The van der Waals surface area contributed by atoms with E-state index in [1.807, 2.05) is 20.8 Å². The van der Waals surface area contributed by atoms with Crippen LogP contribution < -0.4 is 46.1 Å². The Labute approximate surface area is 571 Å². The summed E-state index contributed by atoms with van der Waals surface area (Å²) >= 11 is 14.0. The second-order valence-electron chi connectivity index (χ2n) is 25.1. The number of aliphatic carboxylic acids is 1. The number of aromatic hydroxyl groups is 3. The van der Waals surface area contributed by atoms with Crippen molar-refractivity contribution in [3.05, 3.63) is 117 Å². The van der Waals surface area contributed by atoms with Gasteiger partial charge in [-0.3, -0.25) is 33.6 Å². The van der Waals surface area contributed by atoms with E-state index in [0.717, 1.165) is 67.8 Å². The fourth-order valence-corrected chi connectivity index (χ4v) is 12.7. The molecule has 14 atom stereocenters. The van der Waals surface area contributed by atoms with E-state index in [2.05, 4.69) is 31.9 Å². The summed E-state index contributed by atoms with van der Waals surface area (Å²) in [6, 6.07) is 5.08. The molecule has 0 aliphatic carbocycles. The molecule has 6 heterocycles. The highest BCUT2D eigenvalue weighted by atomic mass is 35.5. The first-order valence-electron chi connectivity index (χ1n) is 31.9. The van der Waals surface area contributed by atoms with E-state index >= 15 is 19.2 Å². The number of halogens is 2. The molecule has 0 saturated carbocycles. The number of carboxylic acid groups (broad SMARTS) is 1. The van der Waals surface area contributed by atoms with Crippen LogP contribution in [-0.2, 0) is 43.1 Å². The van der Waals surface area contributed by atoms with Crippen LogP contribution in [0, 0.1) is 11.8 Å². The summed E-state index contributed by atoms with van der Waals surface area (Å²) < 4.78 is 25.2. The third-order valence-electron chi connectivity index (χ3n) is 17.6. The lowest BCUT2D eigenvalue weighted by Crippen LogP contribution is -2.60. The predicted molar refractivity (Wildman–Crippen MR) is 348 cm³/mol. The van der Waals surface area contributed by atoms with Gasteiger partial charge in [0.2, 0.25) is 41.6 Å². The number of rotatable bonds is 17. The molecule has 16 N–H and O–H groups in total. The molecule has 1 saturated heterocycles. The molecule has 0 aromatic heterocycles. The number of Topliss-reactive ketones (excluding diaryl/α,β-unsaturated/α-hetero) is 2. The van der Waals surface area contributed by atoms with E-state index in [4.69, 9.17) is 42.1 Å². The summed E-state index contributed by atoms with van der Waals surface area (Å²) in [5, 5.41) is 128. The molecular formula is C68H78Cl2N6O22. The van der Waals surface area contributed by atoms with Gasteiger partial charge in [-0.15, -0.1) is 0 Å². The van der Waals surface area contributed by atoms with Crippen LogP contribution in [0.25, 0.3) is 11.1 Å². The molecule has 526 valence electrons. The molecule has 30 heteroatoms. The van der Waals surface area contributed by atoms with Crippen molar-refractivity contribution in [3.8, 4) is 57.1 Å². The fourth-order valence-electron chi connectivity index (χ4n) is 12.2. The number of amides is 5. The molecule has 0 spiro atoms. The van der Waals surface area contributed by atoms with Gasteiger partial charge in [0, 0.05) is 48.6 Å². The van der Waals surface area contributed by atoms with E-state index in [9.17, 15) is 70.2 Å². The summed E-state index contributed by atoms with van der Waals surface area (Å²) in [5.41, 5.74) is -2.23. The number of ketones is 2. The number of ether oxygens (including phenoxy) is 4. The highest BCUT2D eigenvalue weighted by Gasteiger charge is 2.47. The van der Waals surface area contributed by atoms with E-state index in [-0.39, 0.29) is 57.5 Å². The minimum atomic E-state index is -2.21. The Kier molecular flexibility index (Phi) is 23.9. The average molecular weight is 1400 g/mol. The smallest absolute Gasteiger partial charge is 0.330 e. The van der Waals surface area contributed by atoms with Crippen LogP contribution in [0.1, 0.15) is 137 Å². The van der Waals surface area contributed by atoms with Crippen molar-refractivity contribution in [2.75, 3.05) is 20.2 Å². The molecule has 6 aliphatic rings. The van der Waals surface area contributed by atoms with Crippen molar-refractivity contribution < 1.29 is 108 Å². The van der Waals surface area contributed by atoms with Crippen molar-refractivity contribution in [1.82, 2.24) is 31.9 Å². The maximum atomic E-state index is 16.1. The topological polar surface area (TPSA) is 448 Å². The zero-order chi connectivity index (χ0) is 71.1. The highest BCUT2D eigenvalue weighted by molar-refractivity contribution is 6.32. The second kappa shape index (κ2) is 31.9. The van der Waals surface area contributed by atoms with Gasteiger partial charge in [-0.25, -0.2) is 4.79 Å². The van der Waals surface area contributed by atoms with Gasteiger partial charge in [0.1, 0.15) is 83.5 Å². The molecule has 6 aliphatic heterocycles. The quantitative estimate of drug-likeness (QED) is 0.0572. The number of nitrogens with one attached hydrogen (secondary N) is 6. The highest BCUT2D eigenvalue weighted by Crippen LogP contribution is 2.50. The van der Waals surface area contributed by atoms with Crippen molar-refractivity contribution in [1.29, 1.82) is 0 Å². The van der Waals surface area contributed by atoms with E-state index in [1.54, 1.807) is 0 Å². The first kappa shape index (κ1) is 73.6. The van der Waals surface area contributed by atoms with Crippen LogP contribution in [0.5, 0.6) is 46.0 Å². The first-order valence-corrected chi connectivity index (χ1v) is 32.7. The predicted octanol–water partition coefficient (Wildman–Crippen LogP) is 4.45. The molecular weight excluding hydrogens is 1320 g/mol. The van der Waals surface area contributed by atoms with Gasteiger partial charge in [-0.1, -0.05) is 87.9 Å². The summed E-state index contributed by atoms with van der Waals surface area (Å²) in [5.74, 6) is -17.1. The second-order valence-corrected chi connectivity index (χ2v) is 25.9. The lowest BCUT2D eigenvalue weighted by Gasteiger charge is -2.39. The summed E-state index contributed by atoms with van der Waals surface area (Å²) in [7, 11) is 1.52. The SMILES string of the molecule is CCCCCCCC(=O)NC[C@@H]1CC(=O)[C@H](NC(=O)[C@@H](CC(C)C)NC)[C@H](O)c2ccc(c(Cl)c2)Oc2cc3cc(c2OC2OC(CO)C(O)C(O)C2O)Oc2ccc(cc2Cl)[C@@H](O)[C@H]2NC(=O)[C@H](CC(=O)[C@@H]3NC1=O)c1ccc(O)c(c1)-c1c(O)cc(O)cc1[C@@H](C(=O)O)NC2=O. The molecule has 11 bridgehead atoms. The van der Waals surface area contributed by atoms with Gasteiger partial charge in [-0.2, -0.15) is 0 Å². The monoisotopic (exact) mass is 1400 g/mol. The zero-order valence-electron chi connectivity index (χ0n) is 53.6. The van der Waals surface area contributed by atoms with Crippen molar-refractivity contribution >= 4 is 70.3 Å². The summed E-state index contributed by atoms with van der Waals surface area (Å²) in [6.45, 7) is 4.20. The molecule has 5 aromatic rings. The van der Waals surface area contributed by atoms with Gasteiger partial charge in [0.05, 0.1) is 34.5 Å². The molecule has 28 nitrogen and oxygen atoms in total. The number of phenolic OH excluding ortho intramolecular Hbond substituents is 3. The Morgan fingerprint density at radius 1 is 0.684 bits per heavy atom. The number of carbonyl (C=O) groups excluding carboxylic acids is 7. The molecule has 0 radical (unpaired) electrons. The van der Waals surface area contributed by atoms with E-state index < -0.39 is 214 Å². The number of unbranched alkanes of at least 4 members (excludes halogenated alkanes) is 4. The van der Waals surface area contributed by atoms with Crippen molar-refractivity contribution in [2.45, 2.75) is 158 Å². The Balaban J connectivity index is 1.31. The number of carboxylic acids is 1. The van der Waals surface area contributed by atoms with Crippen LogP contribution in [-0.4, -0.2) is 167 Å². The largest absolute Gasteiger partial charge is 0.508 e. The number of hydrogen-bond donors (Lipinski definition) is 16. The van der Waals surface area contributed by atoms with Crippen LogP contribution in [0.4, 0.5) is 0 Å². The standard InChI is InChI=1S/C68H78Cl2N6O22/c1-5-6-7-8-9-10-51(83)72-27-34-21-44(81)55(75-65(91)41(71-4)17-29(2)3)57(84)31-12-15-46(39(69)19-31)95-48-22-33-23-49(62(48)98-68-61(88)60(87)59(86)50(28-77)97-68)96-47-16-13-32(20-40(47)70)58(85)56-66(92)74-54(67(93)94)38-24-35(78)25-43(80)52(38)37-18-30(11-14-42(37)79)36(64(90)76-56)26-45(82)53(33)73-63(34)89/h11-16,18-20,22-25,29,34,36,41,50,53-61,68,71,77-80,84-88H,5-10,17,21,26-28H2,1-4H3,(H,72,83)(H,73,89)(H,74,92)(H,75,91)(H,76,90)(H,93,94)/t34-,36+,41+,50?,53+,54-,55-,56+,57+,58+,59?,60?,61?,68?/m0/s1. The number of likely N-dealkylation sites (N-methyl/N-ethyl adjacent to an activating group) is 1. The van der Waals surface area contributed by atoms with Crippen LogP contribution in [0.3, 0.4) is 0 Å². The number of benzene rings is 5. The number of carbonyl (C=O) groups is 8. The van der Waals surface area contributed by atoms with E-state index in [0.29, 0.717) is 12.8 Å². The number of aliphatic hydroxyl groups is 6. The third kappa shape index (κ3) is 16.5. The summed E-state index contributed by atoms with van der Waals surface area (Å²) in [6.07, 6.45) is -11.7. The Morgan fingerprint density at radius 2 is 1.33 bits per heavy atom. The van der Waals surface area contributed by atoms with Crippen molar-refractivity contribution in [3.63, 3.8) is 0 Å². The molecule has 5 amide bonds. The molecule has 11 rings (SSSR count). The van der Waals surface area contributed by atoms with Crippen molar-refractivity contribution in [2.24, 2.45) is 11.8 Å². The molecule has 1 fully saturated rings. The lowest BCUT2D eigenvalue weighted by molar-refractivity contribution is -0.277. The van der Waals surface area contributed by atoms with Gasteiger partial charge >= 0.3 is 5.97 Å². The lowest BCUT2D eigenvalue weighted by atomic mass is 9.84. The molecule has 98 heavy (non-hydrogen) atoms.